The molecule has 0 bridgehead atoms. The van der Waals surface area contributed by atoms with E-state index in [0.717, 1.165) is 23.4 Å². The molecule has 2 N–H and O–H groups in total. The van der Waals surface area contributed by atoms with Crippen LogP contribution in [0, 0.1) is 0 Å². The smallest absolute Gasteiger partial charge is 0.227 e. The third-order valence-corrected chi connectivity index (χ3v) is 4.50. The number of nitrogens with one attached hydrogen (secondary N) is 2. The van der Waals surface area contributed by atoms with Gasteiger partial charge in [-0.25, -0.2) is 0 Å². The molecule has 2 amide bonds. The van der Waals surface area contributed by atoms with Gasteiger partial charge in [-0.2, -0.15) is 0 Å². The fourth-order valence-corrected chi connectivity index (χ4v) is 3.05. The van der Waals surface area contributed by atoms with Crippen LogP contribution in [0.1, 0.15) is 35.8 Å². The number of carbonyl (C=O) groups is 2. The van der Waals surface area contributed by atoms with Crippen LogP contribution in [0.2, 0.25) is 0 Å². The lowest BCUT2D eigenvalue weighted by Gasteiger charge is -2.05. The molecule has 6 nitrogen and oxygen atoms in total. The Morgan fingerprint density at radius 2 is 1.91 bits per heavy atom. The topological polar surface area (TPSA) is 84.0 Å². The van der Waals surface area contributed by atoms with Crippen molar-refractivity contribution in [2.24, 2.45) is 0 Å². The molecule has 7 heteroatoms. The number of carbonyl (C=O) groups excluding carboxylic acids is 2. The molecule has 1 aliphatic carbocycles. The lowest BCUT2D eigenvalue weighted by atomic mass is 10.1. The van der Waals surface area contributed by atoms with Crippen molar-refractivity contribution in [1.29, 1.82) is 0 Å². The zero-order valence-electron chi connectivity index (χ0n) is 12.6. The summed E-state index contributed by atoms with van der Waals surface area (Å²) in [7, 11) is 0. The van der Waals surface area contributed by atoms with E-state index >= 15 is 0 Å². The second kappa shape index (κ2) is 7.32. The highest BCUT2D eigenvalue weighted by Gasteiger charge is 2.27. The van der Waals surface area contributed by atoms with Crippen LogP contribution in [0.4, 0.5) is 5.13 Å². The van der Waals surface area contributed by atoms with Gasteiger partial charge in [-0.3, -0.25) is 9.59 Å². The van der Waals surface area contributed by atoms with Gasteiger partial charge in [0.15, 0.2) is 0 Å². The molecule has 0 spiro atoms. The van der Waals surface area contributed by atoms with E-state index in [4.69, 9.17) is 0 Å². The Morgan fingerprint density at radius 1 is 1.13 bits per heavy atom. The third-order valence-electron chi connectivity index (χ3n) is 3.50. The molecule has 1 aromatic heterocycles. The fourth-order valence-electron chi connectivity index (χ4n) is 2.12. The summed E-state index contributed by atoms with van der Waals surface area (Å²) < 4.78 is 0. The van der Waals surface area contributed by atoms with E-state index in [1.165, 1.54) is 11.3 Å². The predicted octanol–water partition coefficient (Wildman–Crippen LogP) is 2.10. The second-order valence-corrected chi connectivity index (χ2v) is 6.54. The van der Waals surface area contributed by atoms with Crippen molar-refractivity contribution >= 4 is 28.3 Å². The first-order valence-corrected chi connectivity index (χ1v) is 8.46. The molecule has 1 aliphatic rings. The molecule has 1 saturated carbocycles. The number of amides is 2. The van der Waals surface area contributed by atoms with Crippen LogP contribution in [-0.4, -0.2) is 28.6 Å². The standard InChI is InChI=1S/C16H18N4O2S/c21-13(18-16-20-19-15(23-16)12-6-7-12)8-9-17-14(22)10-11-4-2-1-3-5-11/h1-5,12H,6-10H2,(H,17,22)(H,18,20,21). The molecule has 0 radical (unpaired) electrons. The number of nitrogens with zero attached hydrogens (tertiary/aromatic N) is 2. The molecule has 1 aromatic carbocycles. The molecule has 120 valence electrons. The fraction of sp³-hybridized carbons (Fsp3) is 0.375. The lowest BCUT2D eigenvalue weighted by Crippen LogP contribution is -2.28. The van der Waals surface area contributed by atoms with Gasteiger partial charge in [0.25, 0.3) is 0 Å². The Labute approximate surface area is 138 Å². The zero-order chi connectivity index (χ0) is 16.1. The third kappa shape index (κ3) is 4.85. The highest BCUT2D eigenvalue weighted by molar-refractivity contribution is 7.15. The minimum atomic E-state index is -0.163. The van der Waals surface area contributed by atoms with Crippen LogP contribution in [0.5, 0.6) is 0 Å². The lowest BCUT2D eigenvalue weighted by molar-refractivity contribution is -0.120. The first-order valence-electron chi connectivity index (χ1n) is 7.64. The largest absolute Gasteiger partial charge is 0.355 e. The molecule has 0 saturated heterocycles. The van der Waals surface area contributed by atoms with Crippen molar-refractivity contribution in [1.82, 2.24) is 15.5 Å². The molecular formula is C16H18N4O2S. The Kier molecular flexibility index (Phi) is 4.97. The average Bonchev–Trinajstić information content (AvgIpc) is 3.29. The van der Waals surface area contributed by atoms with Gasteiger partial charge in [0, 0.05) is 18.9 Å². The van der Waals surface area contributed by atoms with Gasteiger partial charge in [0.1, 0.15) is 5.01 Å². The van der Waals surface area contributed by atoms with Crippen LogP contribution in [0.15, 0.2) is 30.3 Å². The highest BCUT2D eigenvalue weighted by Crippen LogP contribution is 2.41. The van der Waals surface area contributed by atoms with Gasteiger partial charge in [0.05, 0.1) is 6.42 Å². The van der Waals surface area contributed by atoms with Crippen molar-refractivity contribution in [3.8, 4) is 0 Å². The first-order chi connectivity index (χ1) is 11.2. The van der Waals surface area contributed by atoms with Gasteiger partial charge < -0.3 is 10.6 Å². The minimum absolute atomic E-state index is 0.0871. The molecule has 0 aliphatic heterocycles. The maximum Gasteiger partial charge on any atom is 0.227 e. The Balaban J connectivity index is 1.36. The Bertz CT molecular complexity index is 682. The van der Waals surface area contributed by atoms with Crippen molar-refractivity contribution in [2.75, 3.05) is 11.9 Å². The van der Waals surface area contributed by atoms with Gasteiger partial charge in [0.2, 0.25) is 16.9 Å². The van der Waals surface area contributed by atoms with Crippen molar-refractivity contribution in [3.63, 3.8) is 0 Å². The SMILES string of the molecule is O=C(Cc1ccccc1)NCCC(=O)Nc1nnc(C2CC2)s1. The van der Waals surface area contributed by atoms with Gasteiger partial charge in [-0.05, 0) is 18.4 Å². The summed E-state index contributed by atoms with van der Waals surface area (Å²) in [4.78, 5) is 23.6. The molecule has 2 aromatic rings. The van der Waals surface area contributed by atoms with E-state index in [1.807, 2.05) is 30.3 Å². The molecule has 1 fully saturated rings. The van der Waals surface area contributed by atoms with E-state index in [1.54, 1.807) is 0 Å². The Morgan fingerprint density at radius 3 is 2.65 bits per heavy atom. The molecule has 0 unspecified atom stereocenters. The summed E-state index contributed by atoms with van der Waals surface area (Å²) >= 11 is 1.43. The van der Waals surface area contributed by atoms with Crippen molar-refractivity contribution in [3.05, 3.63) is 40.9 Å². The molecule has 0 atom stereocenters. The van der Waals surface area contributed by atoms with Gasteiger partial charge in [-0.1, -0.05) is 41.7 Å². The van der Waals surface area contributed by atoms with E-state index < -0.39 is 0 Å². The highest BCUT2D eigenvalue weighted by atomic mass is 32.1. The average molecular weight is 330 g/mol. The summed E-state index contributed by atoms with van der Waals surface area (Å²) in [5.74, 6) is 0.287. The van der Waals surface area contributed by atoms with E-state index in [2.05, 4.69) is 20.8 Å². The zero-order valence-corrected chi connectivity index (χ0v) is 13.4. The number of hydrogen-bond acceptors (Lipinski definition) is 5. The molecule has 23 heavy (non-hydrogen) atoms. The minimum Gasteiger partial charge on any atom is -0.355 e. The second-order valence-electron chi connectivity index (χ2n) is 5.53. The summed E-state index contributed by atoms with van der Waals surface area (Å²) in [6.45, 7) is 0.311. The quantitative estimate of drug-likeness (QED) is 0.814. The van der Waals surface area contributed by atoms with E-state index in [9.17, 15) is 9.59 Å². The van der Waals surface area contributed by atoms with E-state index in [-0.39, 0.29) is 18.2 Å². The summed E-state index contributed by atoms with van der Waals surface area (Å²) in [6, 6.07) is 9.51. The maximum atomic E-state index is 11.8. The van der Waals surface area contributed by atoms with Crippen molar-refractivity contribution < 1.29 is 9.59 Å². The molecule has 3 rings (SSSR count). The number of rotatable bonds is 7. The van der Waals surface area contributed by atoms with Crippen LogP contribution >= 0.6 is 11.3 Å². The van der Waals surface area contributed by atoms with Gasteiger partial charge >= 0.3 is 0 Å². The monoisotopic (exact) mass is 330 g/mol. The summed E-state index contributed by atoms with van der Waals surface area (Å²) in [5, 5.41) is 15.0. The van der Waals surface area contributed by atoms with Crippen molar-refractivity contribution in [2.45, 2.75) is 31.6 Å². The number of hydrogen-bond donors (Lipinski definition) is 2. The van der Waals surface area contributed by atoms with Crippen LogP contribution in [0.25, 0.3) is 0 Å². The van der Waals surface area contributed by atoms with Gasteiger partial charge in [-0.15, -0.1) is 10.2 Å². The number of anilines is 1. The first kappa shape index (κ1) is 15.6. The predicted molar refractivity (Wildman–Crippen MR) is 88.3 cm³/mol. The Hall–Kier alpha value is -2.28. The molecular weight excluding hydrogens is 312 g/mol. The normalized spacial score (nSPS) is 13.6. The van der Waals surface area contributed by atoms with Crippen LogP contribution in [-0.2, 0) is 16.0 Å². The van der Waals surface area contributed by atoms with Crippen LogP contribution < -0.4 is 10.6 Å². The molecule has 1 heterocycles. The summed E-state index contributed by atoms with van der Waals surface area (Å²) in [5.41, 5.74) is 0.955. The number of benzene rings is 1. The van der Waals surface area contributed by atoms with E-state index in [0.29, 0.717) is 24.0 Å². The maximum absolute atomic E-state index is 11.8. The number of aromatic nitrogens is 2. The summed E-state index contributed by atoms with van der Waals surface area (Å²) in [6.07, 6.45) is 2.87. The van der Waals surface area contributed by atoms with Crippen LogP contribution in [0.3, 0.4) is 0 Å².